The number of nitrogens with one attached hydrogen (secondary N) is 1. The molecule has 2 aromatic carbocycles. The van der Waals surface area contributed by atoms with Crippen LogP contribution >= 0.6 is 11.6 Å². The summed E-state index contributed by atoms with van der Waals surface area (Å²) in [6, 6.07) is 19.9. The summed E-state index contributed by atoms with van der Waals surface area (Å²) >= 11 is 6.07. The zero-order chi connectivity index (χ0) is 22.7. The molecule has 2 unspecified atom stereocenters. The molecule has 0 saturated carbocycles. The predicted octanol–water partition coefficient (Wildman–Crippen LogP) is 4.05. The molecule has 0 aliphatic carbocycles. The van der Waals surface area contributed by atoms with Crippen LogP contribution in [0.25, 0.3) is 0 Å². The minimum atomic E-state index is -0.711. The van der Waals surface area contributed by atoms with Gasteiger partial charge in [0, 0.05) is 23.2 Å². The van der Waals surface area contributed by atoms with Crippen LogP contribution in [-0.4, -0.2) is 29.1 Å². The Hall–Kier alpha value is -3.53. The second kappa shape index (κ2) is 9.31. The number of piperidine rings is 1. The van der Waals surface area contributed by atoms with Gasteiger partial charge in [0.25, 0.3) is 11.8 Å². The maximum absolute atomic E-state index is 13.7. The van der Waals surface area contributed by atoms with Gasteiger partial charge in [-0.15, -0.1) is 0 Å². The number of hydrogen-bond acceptors (Lipinski definition) is 3. The van der Waals surface area contributed by atoms with Crippen LogP contribution in [0.4, 0.5) is 0 Å². The molecular formula is C26H23ClN3O2+. The molecule has 1 N–H and O–H groups in total. The fraction of sp³-hybridized carbons (Fsp3) is 0.192. The van der Waals surface area contributed by atoms with E-state index in [2.05, 4.69) is 5.87 Å². The molecule has 32 heavy (non-hydrogen) atoms. The summed E-state index contributed by atoms with van der Waals surface area (Å²) in [6.45, 7) is 2.19. The van der Waals surface area contributed by atoms with Crippen molar-refractivity contribution in [1.29, 1.82) is 5.41 Å². The summed E-state index contributed by atoms with van der Waals surface area (Å²) in [5.41, 5.74) is 2.93. The number of imide groups is 1. The van der Waals surface area contributed by atoms with Gasteiger partial charge in [-0.25, -0.2) is 0 Å². The smallest absolute Gasteiger partial charge is 0.272 e. The normalized spacial score (nSPS) is 18.6. The van der Waals surface area contributed by atoms with E-state index in [0.717, 1.165) is 16.7 Å². The van der Waals surface area contributed by atoms with Gasteiger partial charge in [-0.1, -0.05) is 54.1 Å². The molecule has 160 valence electrons. The molecule has 1 fully saturated rings. The van der Waals surface area contributed by atoms with Gasteiger partial charge >= 0.3 is 0 Å². The molecule has 0 bridgehead atoms. The number of amides is 2. The Morgan fingerprint density at radius 1 is 1.03 bits per heavy atom. The van der Waals surface area contributed by atoms with Crippen LogP contribution in [0.1, 0.15) is 28.7 Å². The highest BCUT2D eigenvalue weighted by Crippen LogP contribution is 2.38. The summed E-state index contributed by atoms with van der Waals surface area (Å²) in [6.07, 6.45) is 4.25. The third-order valence-corrected chi connectivity index (χ3v) is 6.00. The third kappa shape index (κ3) is 4.26. The maximum atomic E-state index is 13.7. The highest BCUT2D eigenvalue weighted by atomic mass is 35.5. The Morgan fingerprint density at radius 3 is 2.41 bits per heavy atom. The highest BCUT2D eigenvalue weighted by molar-refractivity contribution is 6.30. The second-order valence-electron chi connectivity index (χ2n) is 7.87. The van der Waals surface area contributed by atoms with Crippen LogP contribution in [-0.2, 0) is 16.0 Å². The van der Waals surface area contributed by atoms with Crippen molar-refractivity contribution in [2.75, 3.05) is 6.54 Å². The zero-order valence-corrected chi connectivity index (χ0v) is 18.4. The molecule has 2 atom stereocenters. The second-order valence-corrected chi connectivity index (χ2v) is 8.31. The van der Waals surface area contributed by atoms with Crippen LogP contribution < -0.4 is 4.57 Å². The standard InChI is InChI=1S/C26H23ClN3O2/c1-18-6-5-14-29(17-18)24-23(20-9-11-21(27)12-10-20)22(16-28)25(31)30(26(24)32)15-13-19-7-3-2-4-8-19/h2-12,14,17,23-24,28H,13,15H2,1H3/q+1. The van der Waals surface area contributed by atoms with E-state index in [-0.39, 0.29) is 18.0 Å². The largest absolute Gasteiger partial charge is 0.299 e. The fourth-order valence-electron chi connectivity index (χ4n) is 4.17. The van der Waals surface area contributed by atoms with Crippen molar-refractivity contribution in [2.45, 2.75) is 25.3 Å². The molecule has 1 aliphatic rings. The number of nitrogens with zero attached hydrogens (tertiary/aromatic N) is 2. The van der Waals surface area contributed by atoms with Gasteiger partial charge in [-0.05, 0) is 48.5 Å². The van der Waals surface area contributed by atoms with Crippen LogP contribution in [0.5, 0.6) is 0 Å². The van der Waals surface area contributed by atoms with Gasteiger partial charge in [0.1, 0.15) is 0 Å². The van der Waals surface area contributed by atoms with Crippen molar-refractivity contribution in [3.8, 4) is 0 Å². The summed E-state index contributed by atoms with van der Waals surface area (Å²) < 4.78 is 1.83. The molecule has 3 aromatic rings. The van der Waals surface area contributed by atoms with Gasteiger partial charge in [0.2, 0.25) is 6.04 Å². The van der Waals surface area contributed by atoms with E-state index in [0.29, 0.717) is 11.4 Å². The minimum absolute atomic E-state index is 0.166. The van der Waals surface area contributed by atoms with Gasteiger partial charge in [-0.2, -0.15) is 4.57 Å². The molecule has 2 heterocycles. The monoisotopic (exact) mass is 444 g/mol. The molecule has 1 aliphatic heterocycles. The van der Waals surface area contributed by atoms with E-state index >= 15 is 0 Å². The molecule has 5 nitrogen and oxygen atoms in total. The zero-order valence-electron chi connectivity index (χ0n) is 17.7. The van der Waals surface area contributed by atoms with Crippen LogP contribution in [0.15, 0.2) is 84.7 Å². The van der Waals surface area contributed by atoms with E-state index in [1.54, 1.807) is 24.3 Å². The van der Waals surface area contributed by atoms with Crippen molar-refractivity contribution in [2.24, 2.45) is 0 Å². The van der Waals surface area contributed by atoms with Crippen LogP contribution in [0.3, 0.4) is 0 Å². The Morgan fingerprint density at radius 2 is 1.75 bits per heavy atom. The lowest BCUT2D eigenvalue weighted by Crippen LogP contribution is -2.59. The summed E-state index contributed by atoms with van der Waals surface area (Å²) in [5, 5.41) is 8.48. The molecule has 0 radical (unpaired) electrons. The third-order valence-electron chi connectivity index (χ3n) is 5.74. The molecule has 0 spiro atoms. The molecule has 6 heteroatoms. The van der Waals surface area contributed by atoms with Crippen LogP contribution in [0.2, 0.25) is 5.02 Å². The number of aryl methyl sites for hydroxylation is 1. The Balaban J connectivity index is 1.78. The van der Waals surface area contributed by atoms with Gasteiger partial charge in [0.15, 0.2) is 12.4 Å². The number of halogens is 1. The van der Waals surface area contributed by atoms with Crippen molar-refractivity contribution < 1.29 is 14.2 Å². The Bertz CT molecular complexity index is 1200. The number of rotatable bonds is 5. The maximum Gasteiger partial charge on any atom is 0.299 e. The average Bonchev–Trinajstić information content (AvgIpc) is 2.80. The highest BCUT2D eigenvalue weighted by Gasteiger charge is 2.51. The lowest BCUT2D eigenvalue weighted by molar-refractivity contribution is -0.712. The van der Waals surface area contributed by atoms with Gasteiger partial charge in [-0.3, -0.25) is 19.9 Å². The molecule has 4 rings (SSSR count). The number of aromatic nitrogens is 1. The molecular weight excluding hydrogens is 422 g/mol. The number of pyridine rings is 1. The van der Waals surface area contributed by atoms with Crippen molar-refractivity contribution in [1.82, 2.24) is 4.90 Å². The van der Waals surface area contributed by atoms with E-state index < -0.39 is 17.9 Å². The molecule has 2 amide bonds. The average molecular weight is 445 g/mol. The topological polar surface area (TPSA) is 65.1 Å². The minimum Gasteiger partial charge on any atom is -0.272 e. The van der Waals surface area contributed by atoms with Crippen molar-refractivity contribution in [3.05, 3.63) is 106 Å². The summed E-state index contributed by atoms with van der Waals surface area (Å²) in [4.78, 5) is 28.3. The lowest BCUT2D eigenvalue weighted by Gasteiger charge is -2.34. The van der Waals surface area contributed by atoms with E-state index in [1.807, 2.05) is 66.3 Å². The lowest BCUT2D eigenvalue weighted by atomic mass is 9.80. The summed E-state index contributed by atoms with van der Waals surface area (Å²) in [5.74, 6) is 0.964. The molecule has 1 saturated heterocycles. The van der Waals surface area contributed by atoms with E-state index in [9.17, 15) is 9.59 Å². The predicted molar refractivity (Wildman–Crippen MR) is 123 cm³/mol. The van der Waals surface area contributed by atoms with Crippen molar-refractivity contribution in [3.63, 3.8) is 0 Å². The van der Waals surface area contributed by atoms with E-state index in [4.69, 9.17) is 17.0 Å². The first kappa shape index (κ1) is 21.7. The molecule has 1 aromatic heterocycles. The van der Waals surface area contributed by atoms with Crippen LogP contribution in [0, 0.1) is 12.3 Å². The van der Waals surface area contributed by atoms with Crippen molar-refractivity contribution >= 4 is 29.3 Å². The first-order valence-electron chi connectivity index (χ1n) is 10.4. The van der Waals surface area contributed by atoms with Gasteiger partial charge < -0.3 is 0 Å². The number of likely N-dealkylation sites (tertiary alicyclic amines) is 1. The SMILES string of the molecule is Cc1ccc[n+](C2C(=O)N(CCc3ccccc3)C(=O)C(=C=N)C2c2ccc(Cl)cc2)c1. The first-order valence-corrected chi connectivity index (χ1v) is 10.8. The number of benzene rings is 2. The Labute approximate surface area is 192 Å². The number of carbonyl (C=O) groups excluding carboxylic acids is 2. The number of carbonyl (C=O) groups is 2. The first-order chi connectivity index (χ1) is 15.5. The van der Waals surface area contributed by atoms with Gasteiger partial charge in [0.05, 0.1) is 11.5 Å². The number of hydrogen-bond donors (Lipinski definition) is 1. The Kier molecular flexibility index (Phi) is 6.31. The fourth-order valence-corrected chi connectivity index (χ4v) is 4.30. The van der Waals surface area contributed by atoms with E-state index in [1.165, 1.54) is 4.90 Å². The quantitative estimate of drug-likeness (QED) is 0.279. The summed E-state index contributed by atoms with van der Waals surface area (Å²) in [7, 11) is 0.